The Hall–Kier alpha value is -0.260. The molecule has 0 radical (unpaired) electrons. The second-order valence-corrected chi connectivity index (χ2v) is 9.97. The van der Waals surface area contributed by atoms with Crippen molar-refractivity contribution in [1.82, 2.24) is 18.4 Å². The zero-order chi connectivity index (χ0) is 16.4. The molecule has 2 aliphatic rings. The summed E-state index contributed by atoms with van der Waals surface area (Å²) in [6.45, 7) is 6.09. The zero-order valence-corrected chi connectivity index (χ0v) is 14.9. The van der Waals surface area contributed by atoms with Crippen LogP contribution in [0.1, 0.15) is 0 Å². The first kappa shape index (κ1) is 18.1. The molecule has 0 aliphatic carbocycles. The van der Waals surface area contributed by atoms with Gasteiger partial charge in [-0.2, -0.15) is 8.61 Å². The van der Waals surface area contributed by atoms with Crippen molar-refractivity contribution in [2.75, 3.05) is 78.0 Å². The van der Waals surface area contributed by atoms with Crippen LogP contribution in [0.25, 0.3) is 0 Å². The Morgan fingerprint density at radius 3 is 0.955 bits per heavy atom. The van der Waals surface area contributed by atoms with Crippen molar-refractivity contribution in [3.63, 3.8) is 0 Å². The number of sulfonamides is 2. The Morgan fingerprint density at radius 2 is 0.727 bits per heavy atom. The van der Waals surface area contributed by atoms with Crippen molar-refractivity contribution in [1.29, 1.82) is 0 Å². The van der Waals surface area contributed by atoms with E-state index in [-0.39, 0.29) is 0 Å². The molecule has 0 amide bonds. The molecule has 0 N–H and O–H groups in total. The van der Waals surface area contributed by atoms with Gasteiger partial charge in [0.25, 0.3) is 0 Å². The molecule has 0 aromatic rings. The molecule has 2 bridgehead atoms. The second kappa shape index (κ2) is 7.10. The average molecular weight is 354 g/mol. The number of nitrogens with zero attached hydrogens (tertiary/aromatic N) is 4. The maximum Gasteiger partial charge on any atom is 0.211 e. The predicted octanol–water partition coefficient (Wildman–Crippen LogP) is -1.86. The fraction of sp³-hybridized carbons (Fsp3) is 1.00. The molecule has 0 atom stereocenters. The molecule has 10 heteroatoms. The van der Waals surface area contributed by atoms with E-state index in [1.54, 1.807) is 0 Å². The first-order valence-electron chi connectivity index (χ1n) is 7.51. The molecule has 2 fully saturated rings. The summed E-state index contributed by atoms with van der Waals surface area (Å²) in [5.41, 5.74) is 0. The van der Waals surface area contributed by atoms with E-state index in [9.17, 15) is 16.8 Å². The van der Waals surface area contributed by atoms with E-state index in [1.807, 2.05) is 0 Å². The van der Waals surface area contributed by atoms with E-state index < -0.39 is 20.0 Å². The molecule has 0 unspecified atom stereocenters. The molecule has 0 aromatic carbocycles. The van der Waals surface area contributed by atoms with E-state index in [2.05, 4.69) is 9.80 Å². The van der Waals surface area contributed by atoms with Crippen LogP contribution in [-0.4, -0.2) is 113 Å². The largest absolute Gasteiger partial charge is 0.299 e. The van der Waals surface area contributed by atoms with E-state index >= 15 is 0 Å². The maximum atomic E-state index is 11.8. The number of hydrogen-bond acceptors (Lipinski definition) is 6. The van der Waals surface area contributed by atoms with Crippen molar-refractivity contribution in [2.24, 2.45) is 0 Å². The smallest absolute Gasteiger partial charge is 0.211 e. The lowest BCUT2D eigenvalue weighted by Crippen LogP contribution is -2.44. The molecule has 2 rings (SSSR count). The third kappa shape index (κ3) is 5.14. The second-order valence-electron chi connectivity index (χ2n) is 6.01. The topological polar surface area (TPSA) is 81.2 Å². The van der Waals surface area contributed by atoms with Gasteiger partial charge in [-0.1, -0.05) is 0 Å². The molecule has 2 aliphatic heterocycles. The Balaban J connectivity index is 2.14. The van der Waals surface area contributed by atoms with Gasteiger partial charge >= 0.3 is 0 Å². The molecular weight excluding hydrogens is 328 g/mol. The summed E-state index contributed by atoms with van der Waals surface area (Å²) < 4.78 is 50.3. The number of hydrogen-bond donors (Lipinski definition) is 0. The molecule has 2 saturated heterocycles. The zero-order valence-electron chi connectivity index (χ0n) is 13.3. The van der Waals surface area contributed by atoms with Crippen molar-refractivity contribution in [3.05, 3.63) is 0 Å². The highest BCUT2D eigenvalue weighted by atomic mass is 32.2. The van der Waals surface area contributed by atoms with Crippen molar-refractivity contribution < 1.29 is 16.8 Å². The molecule has 2 heterocycles. The molecule has 130 valence electrons. The van der Waals surface area contributed by atoms with E-state index in [1.165, 1.54) is 21.1 Å². The lowest BCUT2D eigenvalue weighted by molar-refractivity contribution is 0.237. The van der Waals surface area contributed by atoms with Crippen LogP contribution in [0.2, 0.25) is 0 Å². The van der Waals surface area contributed by atoms with Crippen molar-refractivity contribution in [3.8, 4) is 0 Å². The summed E-state index contributed by atoms with van der Waals surface area (Å²) in [5, 5.41) is 0. The molecule has 0 aromatic heterocycles. The summed E-state index contributed by atoms with van der Waals surface area (Å²) in [7, 11) is -6.39. The van der Waals surface area contributed by atoms with Crippen LogP contribution in [0.15, 0.2) is 0 Å². The van der Waals surface area contributed by atoms with Gasteiger partial charge in [-0.3, -0.25) is 9.80 Å². The highest BCUT2D eigenvalue weighted by molar-refractivity contribution is 7.88. The minimum Gasteiger partial charge on any atom is -0.299 e. The third-order valence-corrected chi connectivity index (χ3v) is 6.94. The van der Waals surface area contributed by atoms with Crippen LogP contribution < -0.4 is 0 Å². The van der Waals surface area contributed by atoms with Crippen LogP contribution >= 0.6 is 0 Å². The van der Waals surface area contributed by atoms with Crippen LogP contribution in [0.5, 0.6) is 0 Å². The highest BCUT2D eigenvalue weighted by Gasteiger charge is 2.25. The van der Waals surface area contributed by atoms with Gasteiger partial charge in [0.05, 0.1) is 12.5 Å². The van der Waals surface area contributed by atoms with Crippen LogP contribution in [0.3, 0.4) is 0 Å². The monoisotopic (exact) mass is 354 g/mol. The molecule has 0 saturated carbocycles. The molecule has 22 heavy (non-hydrogen) atoms. The first-order chi connectivity index (χ1) is 10.2. The Kier molecular flexibility index (Phi) is 5.84. The third-order valence-electron chi connectivity index (χ3n) is 4.33. The van der Waals surface area contributed by atoms with Crippen LogP contribution in [0, 0.1) is 0 Å². The summed E-state index contributed by atoms with van der Waals surface area (Å²) in [4.78, 5) is 4.31. The minimum absolute atomic E-state index is 0.464. The van der Waals surface area contributed by atoms with Gasteiger partial charge in [0.15, 0.2) is 0 Å². The van der Waals surface area contributed by atoms with Gasteiger partial charge in [0.2, 0.25) is 20.0 Å². The summed E-state index contributed by atoms with van der Waals surface area (Å²) in [5.74, 6) is 0. The maximum absolute atomic E-state index is 11.8. The fourth-order valence-corrected chi connectivity index (χ4v) is 4.51. The van der Waals surface area contributed by atoms with Crippen LogP contribution in [-0.2, 0) is 20.0 Å². The van der Waals surface area contributed by atoms with Gasteiger partial charge in [-0.15, -0.1) is 0 Å². The van der Waals surface area contributed by atoms with E-state index in [0.717, 1.165) is 13.1 Å². The SMILES string of the molecule is CS(=O)(=O)N1CCN2CCN(CC1)CCN(S(C)(=O)=O)CC2. The van der Waals surface area contributed by atoms with Crippen molar-refractivity contribution in [2.45, 2.75) is 0 Å². The van der Waals surface area contributed by atoms with Gasteiger partial charge in [0, 0.05) is 65.4 Å². The lowest BCUT2D eigenvalue weighted by atomic mass is 10.4. The molecular formula is C12H26N4O4S2. The molecule has 8 nitrogen and oxygen atoms in total. The standard InChI is InChI=1S/C12H26N4O4S2/c1-21(17,18)15-9-5-13-3-4-14(6-10-15)8-12-16(11-7-13)22(2,19)20/h3-12H2,1-2H3. The summed E-state index contributed by atoms with van der Waals surface area (Å²) >= 11 is 0. The van der Waals surface area contributed by atoms with Crippen LogP contribution in [0.4, 0.5) is 0 Å². The Morgan fingerprint density at radius 1 is 0.500 bits per heavy atom. The Labute approximate surface area is 133 Å². The van der Waals surface area contributed by atoms with E-state index in [0.29, 0.717) is 52.4 Å². The van der Waals surface area contributed by atoms with Gasteiger partial charge in [-0.25, -0.2) is 16.8 Å². The van der Waals surface area contributed by atoms with Gasteiger partial charge in [0.1, 0.15) is 0 Å². The average Bonchev–Trinajstić information content (AvgIpc) is 2.52. The normalized spacial score (nSPS) is 30.6. The summed E-state index contributed by atoms with van der Waals surface area (Å²) in [6, 6.07) is 0. The number of rotatable bonds is 2. The van der Waals surface area contributed by atoms with E-state index in [4.69, 9.17) is 0 Å². The highest BCUT2D eigenvalue weighted by Crippen LogP contribution is 2.08. The van der Waals surface area contributed by atoms with Gasteiger partial charge < -0.3 is 0 Å². The number of fused-ring (bicyclic) bond motifs is 3. The Bertz CT molecular complexity index is 510. The summed E-state index contributed by atoms with van der Waals surface area (Å²) in [6.07, 6.45) is 2.49. The minimum atomic E-state index is -3.19. The quantitative estimate of drug-likeness (QED) is 0.579. The fourth-order valence-electron chi connectivity index (χ4n) is 2.85. The lowest BCUT2D eigenvalue weighted by Gasteiger charge is -2.28. The van der Waals surface area contributed by atoms with Gasteiger partial charge in [-0.05, 0) is 0 Å². The first-order valence-corrected chi connectivity index (χ1v) is 11.2. The predicted molar refractivity (Wildman–Crippen MR) is 85.7 cm³/mol. The van der Waals surface area contributed by atoms with Crippen molar-refractivity contribution >= 4 is 20.0 Å². The molecule has 0 spiro atoms.